The molecule has 0 aliphatic carbocycles. The predicted molar refractivity (Wildman–Crippen MR) is 134 cm³/mol. The summed E-state index contributed by atoms with van der Waals surface area (Å²) < 4.78 is 5.24. The van der Waals surface area contributed by atoms with Gasteiger partial charge in [0.2, 0.25) is 0 Å². The first kappa shape index (κ1) is 22.8. The van der Waals surface area contributed by atoms with Gasteiger partial charge < -0.3 is 10.1 Å². The highest BCUT2D eigenvalue weighted by atomic mass is 35.5. The van der Waals surface area contributed by atoms with E-state index in [1.807, 2.05) is 73.7 Å². The molecule has 168 valence electrons. The van der Waals surface area contributed by atoms with Crippen molar-refractivity contribution in [2.45, 2.75) is 12.3 Å². The van der Waals surface area contributed by atoms with Crippen molar-refractivity contribution in [3.63, 3.8) is 0 Å². The number of hydrogen-bond acceptors (Lipinski definition) is 6. The van der Waals surface area contributed by atoms with E-state index >= 15 is 0 Å². The van der Waals surface area contributed by atoms with Gasteiger partial charge in [-0.1, -0.05) is 22.9 Å². The lowest BCUT2D eigenvalue weighted by Gasteiger charge is -2.19. The van der Waals surface area contributed by atoms with Gasteiger partial charge in [0.1, 0.15) is 17.9 Å². The Labute approximate surface area is 202 Å². The molecule has 1 N–H and O–H groups in total. The predicted octanol–water partition coefficient (Wildman–Crippen LogP) is 7.17. The molecule has 1 unspecified atom stereocenters. The molecule has 0 aliphatic rings. The molecule has 0 bridgehead atoms. The average molecular weight is 481 g/mol. The molecule has 9 heteroatoms. The van der Waals surface area contributed by atoms with Gasteiger partial charge in [0.15, 0.2) is 0 Å². The van der Waals surface area contributed by atoms with Crippen LogP contribution < -0.4 is 15.1 Å². The summed E-state index contributed by atoms with van der Waals surface area (Å²) in [6.45, 7) is 2.41. The second-order valence-corrected chi connectivity index (χ2v) is 8.49. The Kier molecular flexibility index (Phi) is 7.22. The molecule has 1 heterocycles. The SMILES string of the molecule is COc1ccc(N(CC(C)Cl)N=Nc2ccc3ncnc(Nc4cccc(Cl)c4)c3c2)cc1. The third-order valence-corrected chi connectivity index (χ3v) is 5.14. The van der Waals surface area contributed by atoms with E-state index in [0.29, 0.717) is 23.1 Å². The minimum absolute atomic E-state index is 0.121. The Morgan fingerprint density at radius 2 is 1.88 bits per heavy atom. The quantitative estimate of drug-likeness (QED) is 0.164. The highest BCUT2D eigenvalue weighted by Crippen LogP contribution is 2.29. The summed E-state index contributed by atoms with van der Waals surface area (Å²) in [7, 11) is 1.63. The topological polar surface area (TPSA) is 75.0 Å². The molecule has 0 spiro atoms. The van der Waals surface area contributed by atoms with Gasteiger partial charge in [0, 0.05) is 16.1 Å². The molecular weight excluding hydrogens is 459 g/mol. The maximum Gasteiger partial charge on any atom is 0.141 e. The first-order valence-corrected chi connectivity index (χ1v) is 11.1. The first-order valence-electron chi connectivity index (χ1n) is 10.3. The molecule has 7 nitrogen and oxygen atoms in total. The van der Waals surface area contributed by atoms with Gasteiger partial charge in [-0.3, -0.25) is 0 Å². The molecule has 1 aromatic heterocycles. The highest BCUT2D eigenvalue weighted by Gasteiger charge is 2.10. The Hall–Kier alpha value is -3.42. The number of hydrogen-bond donors (Lipinski definition) is 1. The van der Waals surface area contributed by atoms with E-state index in [1.54, 1.807) is 12.1 Å². The van der Waals surface area contributed by atoms with Crippen LogP contribution in [-0.4, -0.2) is 29.0 Å². The number of ether oxygens (including phenoxy) is 1. The lowest BCUT2D eigenvalue weighted by Crippen LogP contribution is -2.22. The van der Waals surface area contributed by atoms with E-state index in [2.05, 4.69) is 25.6 Å². The number of benzene rings is 3. The fraction of sp³-hybridized carbons (Fsp3) is 0.167. The van der Waals surface area contributed by atoms with E-state index in [-0.39, 0.29) is 5.38 Å². The van der Waals surface area contributed by atoms with Crippen molar-refractivity contribution < 1.29 is 4.74 Å². The van der Waals surface area contributed by atoms with Gasteiger partial charge in [-0.15, -0.1) is 16.7 Å². The second kappa shape index (κ2) is 10.5. The van der Waals surface area contributed by atoms with Gasteiger partial charge in [-0.2, -0.15) is 0 Å². The number of nitrogens with one attached hydrogen (secondary N) is 1. The zero-order valence-corrected chi connectivity index (χ0v) is 19.6. The zero-order chi connectivity index (χ0) is 23.2. The molecular formula is C24H22Cl2N6O. The second-order valence-electron chi connectivity index (χ2n) is 7.31. The molecule has 0 fully saturated rings. The Bertz CT molecular complexity index is 1260. The number of methoxy groups -OCH3 is 1. The third kappa shape index (κ3) is 5.88. The van der Waals surface area contributed by atoms with Gasteiger partial charge in [0.05, 0.1) is 35.9 Å². The minimum atomic E-state index is -0.121. The lowest BCUT2D eigenvalue weighted by molar-refractivity contribution is 0.415. The Morgan fingerprint density at radius 3 is 2.61 bits per heavy atom. The summed E-state index contributed by atoms with van der Waals surface area (Å²) in [5.41, 5.74) is 3.14. The van der Waals surface area contributed by atoms with Crippen LogP contribution >= 0.6 is 23.2 Å². The lowest BCUT2D eigenvalue weighted by atomic mass is 10.2. The largest absolute Gasteiger partial charge is 0.497 e. The third-order valence-electron chi connectivity index (χ3n) is 4.77. The van der Waals surface area contributed by atoms with Crippen molar-refractivity contribution in [3.8, 4) is 5.75 Å². The molecule has 0 amide bonds. The van der Waals surface area contributed by atoms with Crippen molar-refractivity contribution in [2.75, 3.05) is 24.0 Å². The standard InChI is InChI=1S/C24H22Cl2N6O/c1-16(25)14-32(20-7-9-21(33-2)10-8-20)31-30-19-6-11-23-22(13-19)24(28-15-27-23)29-18-5-3-4-17(26)12-18/h3-13,15-16H,14H2,1-2H3,(H,27,28,29). The van der Waals surface area contributed by atoms with Crippen LogP contribution in [0, 0.1) is 0 Å². The first-order chi connectivity index (χ1) is 16.0. The van der Waals surface area contributed by atoms with Crippen LogP contribution in [0.15, 0.2) is 83.4 Å². The maximum atomic E-state index is 6.25. The zero-order valence-electron chi connectivity index (χ0n) is 18.1. The molecule has 0 radical (unpaired) electrons. The minimum Gasteiger partial charge on any atom is -0.497 e. The highest BCUT2D eigenvalue weighted by molar-refractivity contribution is 6.30. The van der Waals surface area contributed by atoms with E-state index < -0.39 is 0 Å². The van der Waals surface area contributed by atoms with Gasteiger partial charge in [0.25, 0.3) is 0 Å². The Morgan fingerprint density at radius 1 is 1.06 bits per heavy atom. The summed E-state index contributed by atoms with van der Waals surface area (Å²) in [6, 6.07) is 20.7. The number of halogens is 2. The fourth-order valence-corrected chi connectivity index (χ4v) is 3.52. The molecule has 1 atom stereocenters. The molecule has 0 saturated carbocycles. The molecule has 4 aromatic rings. The maximum absolute atomic E-state index is 6.25. The van der Waals surface area contributed by atoms with E-state index in [9.17, 15) is 0 Å². The molecule has 0 aliphatic heterocycles. The van der Waals surface area contributed by atoms with Crippen LogP contribution in [0.25, 0.3) is 10.9 Å². The number of nitrogens with zero attached hydrogens (tertiary/aromatic N) is 5. The van der Waals surface area contributed by atoms with Crippen molar-refractivity contribution in [1.29, 1.82) is 0 Å². The van der Waals surface area contributed by atoms with Crippen LogP contribution in [0.2, 0.25) is 5.02 Å². The number of rotatable bonds is 8. The van der Waals surface area contributed by atoms with E-state index in [0.717, 1.165) is 28.0 Å². The number of alkyl halides is 1. The van der Waals surface area contributed by atoms with Gasteiger partial charge in [-0.05, 0) is 67.6 Å². The molecule has 0 saturated heterocycles. The smallest absolute Gasteiger partial charge is 0.141 e. The summed E-state index contributed by atoms with van der Waals surface area (Å²) in [5.74, 6) is 1.42. The Balaban J connectivity index is 1.63. The summed E-state index contributed by atoms with van der Waals surface area (Å²) in [5, 5.41) is 15.3. The summed E-state index contributed by atoms with van der Waals surface area (Å²) >= 11 is 12.4. The van der Waals surface area contributed by atoms with Crippen LogP contribution in [0.3, 0.4) is 0 Å². The molecule has 4 rings (SSSR count). The van der Waals surface area contributed by atoms with Crippen molar-refractivity contribution >= 4 is 57.0 Å². The van der Waals surface area contributed by atoms with Crippen molar-refractivity contribution in [2.24, 2.45) is 10.3 Å². The van der Waals surface area contributed by atoms with E-state index in [1.165, 1.54) is 6.33 Å². The van der Waals surface area contributed by atoms with Crippen LogP contribution in [0.5, 0.6) is 5.75 Å². The molecule has 33 heavy (non-hydrogen) atoms. The summed E-state index contributed by atoms with van der Waals surface area (Å²) in [4.78, 5) is 8.75. The number of anilines is 3. The number of aromatic nitrogens is 2. The van der Waals surface area contributed by atoms with E-state index in [4.69, 9.17) is 27.9 Å². The van der Waals surface area contributed by atoms with Crippen molar-refractivity contribution in [1.82, 2.24) is 9.97 Å². The van der Waals surface area contributed by atoms with Gasteiger partial charge >= 0.3 is 0 Å². The van der Waals surface area contributed by atoms with Crippen molar-refractivity contribution in [3.05, 3.63) is 78.1 Å². The normalized spacial score (nSPS) is 12.1. The van der Waals surface area contributed by atoms with Crippen LogP contribution in [0.4, 0.5) is 22.9 Å². The average Bonchev–Trinajstić information content (AvgIpc) is 2.82. The number of fused-ring (bicyclic) bond motifs is 1. The summed E-state index contributed by atoms with van der Waals surface area (Å²) in [6.07, 6.45) is 1.52. The monoisotopic (exact) mass is 480 g/mol. The van der Waals surface area contributed by atoms with Gasteiger partial charge in [-0.25, -0.2) is 15.0 Å². The van der Waals surface area contributed by atoms with Crippen LogP contribution in [-0.2, 0) is 0 Å². The fourth-order valence-electron chi connectivity index (χ4n) is 3.20. The molecule has 3 aromatic carbocycles. The van der Waals surface area contributed by atoms with Crippen LogP contribution in [0.1, 0.15) is 6.92 Å².